The number of hydrogen-bond donors (Lipinski definition) is 1. The Morgan fingerprint density at radius 3 is 2.60 bits per heavy atom. The van der Waals surface area contributed by atoms with Crippen molar-refractivity contribution < 1.29 is 14.3 Å². The van der Waals surface area contributed by atoms with Gasteiger partial charge in [-0.05, 0) is 33.1 Å². The zero-order chi connectivity index (χ0) is 18.0. The lowest BCUT2D eigenvalue weighted by molar-refractivity contribution is -0.135. The molecule has 2 aliphatic rings. The van der Waals surface area contributed by atoms with Crippen LogP contribution in [0.3, 0.4) is 0 Å². The Morgan fingerprint density at radius 1 is 1.24 bits per heavy atom. The molecule has 1 N–H and O–H groups in total. The average Bonchev–Trinajstić information content (AvgIpc) is 3.07. The van der Waals surface area contributed by atoms with Crippen LogP contribution < -0.4 is 10.2 Å². The summed E-state index contributed by atoms with van der Waals surface area (Å²) in [7, 11) is 0. The third-order valence-electron chi connectivity index (χ3n) is 5.14. The van der Waals surface area contributed by atoms with Gasteiger partial charge in [-0.2, -0.15) is 0 Å². The van der Waals surface area contributed by atoms with Gasteiger partial charge >= 0.3 is 4.87 Å². The van der Waals surface area contributed by atoms with Gasteiger partial charge in [-0.25, -0.2) is 0 Å². The Labute approximate surface area is 151 Å². The molecule has 3 rings (SSSR count). The molecule has 2 aliphatic heterocycles. The highest BCUT2D eigenvalue weighted by Gasteiger charge is 2.37. The molecule has 0 spiro atoms. The van der Waals surface area contributed by atoms with Crippen molar-refractivity contribution in [2.75, 3.05) is 19.8 Å². The molecule has 138 valence electrons. The number of amides is 2. The fourth-order valence-corrected chi connectivity index (χ4v) is 4.38. The molecule has 7 nitrogen and oxygen atoms in total. The van der Waals surface area contributed by atoms with Gasteiger partial charge in [-0.1, -0.05) is 11.3 Å². The van der Waals surface area contributed by atoms with Crippen molar-refractivity contribution in [3.8, 4) is 0 Å². The summed E-state index contributed by atoms with van der Waals surface area (Å²) in [5.41, 5.74) is 0.908. The molecule has 1 aromatic heterocycles. The number of likely N-dealkylation sites (tertiary alicyclic amines) is 1. The SMILES string of the molecule is Cc1sc(=O)n(CCC(=O)NC2CCN(C3CCOCC3)C2=O)c1C. The van der Waals surface area contributed by atoms with Crippen LogP contribution in [0, 0.1) is 13.8 Å². The third-order valence-corrected chi connectivity index (χ3v) is 6.14. The van der Waals surface area contributed by atoms with Crippen molar-refractivity contribution >= 4 is 23.2 Å². The monoisotopic (exact) mass is 367 g/mol. The first kappa shape index (κ1) is 18.1. The van der Waals surface area contributed by atoms with E-state index in [9.17, 15) is 14.4 Å². The quantitative estimate of drug-likeness (QED) is 0.835. The number of aromatic nitrogens is 1. The summed E-state index contributed by atoms with van der Waals surface area (Å²) in [6.07, 6.45) is 2.59. The number of nitrogens with zero attached hydrogens (tertiary/aromatic N) is 2. The standard InChI is InChI=1S/C17H25N3O4S/c1-11-12(2)25-17(23)19(11)8-4-15(21)18-14-3-7-20(16(14)22)13-5-9-24-10-6-13/h13-14H,3-10H2,1-2H3,(H,18,21). The van der Waals surface area contributed by atoms with E-state index in [4.69, 9.17) is 4.74 Å². The van der Waals surface area contributed by atoms with Crippen LogP contribution in [-0.4, -0.2) is 53.1 Å². The first-order valence-corrected chi connectivity index (χ1v) is 9.63. The molecule has 1 aromatic rings. The molecule has 0 aliphatic carbocycles. The topological polar surface area (TPSA) is 80.6 Å². The highest BCUT2D eigenvalue weighted by atomic mass is 32.1. The second kappa shape index (κ2) is 7.70. The van der Waals surface area contributed by atoms with Gasteiger partial charge in [0.2, 0.25) is 11.8 Å². The van der Waals surface area contributed by atoms with Gasteiger partial charge in [0.1, 0.15) is 6.04 Å². The fraction of sp³-hybridized carbons (Fsp3) is 0.706. The molecule has 2 fully saturated rings. The van der Waals surface area contributed by atoms with Crippen LogP contribution >= 0.6 is 11.3 Å². The van der Waals surface area contributed by atoms with E-state index in [1.165, 1.54) is 11.3 Å². The Balaban J connectivity index is 1.51. The van der Waals surface area contributed by atoms with Crippen LogP contribution in [0.15, 0.2) is 4.79 Å². The highest BCUT2D eigenvalue weighted by molar-refractivity contribution is 7.09. The van der Waals surface area contributed by atoms with Crippen LogP contribution in [-0.2, 0) is 20.9 Å². The predicted molar refractivity (Wildman–Crippen MR) is 94.8 cm³/mol. The maximum absolute atomic E-state index is 12.5. The van der Waals surface area contributed by atoms with Gasteiger partial charge in [0.15, 0.2) is 0 Å². The fourth-order valence-electron chi connectivity index (χ4n) is 3.52. The van der Waals surface area contributed by atoms with Crippen molar-refractivity contribution in [1.29, 1.82) is 0 Å². The van der Waals surface area contributed by atoms with E-state index in [1.807, 2.05) is 18.7 Å². The van der Waals surface area contributed by atoms with Gasteiger partial charge < -0.3 is 19.5 Å². The average molecular weight is 367 g/mol. The molecule has 8 heteroatoms. The first-order valence-electron chi connectivity index (χ1n) is 8.82. The van der Waals surface area contributed by atoms with Crippen LogP contribution in [0.2, 0.25) is 0 Å². The Hall–Kier alpha value is -1.67. The molecule has 0 bridgehead atoms. The summed E-state index contributed by atoms with van der Waals surface area (Å²) in [6, 6.07) is -0.199. The van der Waals surface area contributed by atoms with E-state index in [-0.39, 0.29) is 29.1 Å². The van der Waals surface area contributed by atoms with Gasteiger partial charge in [0, 0.05) is 49.3 Å². The molecule has 0 saturated carbocycles. The Bertz CT molecular complexity index is 705. The maximum atomic E-state index is 12.5. The van der Waals surface area contributed by atoms with E-state index in [2.05, 4.69) is 5.32 Å². The molecule has 0 radical (unpaired) electrons. The molecule has 3 heterocycles. The third kappa shape index (κ3) is 3.95. The number of aryl methyl sites for hydroxylation is 1. The predicted octanol–water partition coefficient (Wildman–Crippen LogP) is 0.813. The normalized spacial score (nSPS) is 21.8. The summed E-state index contributed by atoms with van der Waals surface area (Å²) < 4.78 is 6.98. The lowest BCUT2D eigenvalue weighted by Gasteiger charge is -2.31. The number of carbonyl (C=O) groups excluding carboxylic acids is 2. The van der Waals surface area contributed by atoms with Crippen molar-refractivity contribution in [3.05, 3.63) is 20.2 Å². The van der Waals surface area contributed by atoms with Crippen LogP contribution in [0.1, 0.15) is 36.3 Å². The van der Waals surface area contributed by atoms with Crippen molar-refractivity contribution in [3.63, 3.8) is 0 Å². The minimum Gasteiger partial charge on any atom is -0.381 e. The highest BCUT2D eigenvalue weighted by Crippen LogP contribution is 2.21. The van der Waals surface area contributed by atoms with Crippen molar-refractivity contribution in [2.24, 2.45) is 0 Å². The maximum Gasteiger partial charge on any atom is 0.307 e. The summed E-state index contributed by atoms with van der Waals surface area (Å²) >= 11 is 1.20. The van der Waals surface area contributed by atoms with Crippen LogP contribution in [0.25, 0.3) is 0 Å². The van der Waals surface area contributed by atoms with Crippen molar-refractivity contribution in [2.45, 2.75) is 58.2 Å². The number of thiazole rings is 1. The summed E-state index contributed by atoms with van der Waals surface area (Å²) in [4.78, 5) is 39.5. The largest absolute Gasteiger partial charge is 0.381 e. The zero-order valence-corrected chi connectivity index (χ0v) is 15.6. The zero-order valence-electron chi connectivity index (χ0n) is 14.7. The van der Waals surface area contributed by atoms with E-state index >= 15 is 0 Å². The van der Waals surface area contributed by atoms with Gasteiger partial charge in [0.05, 0.1) is 0 Å². The lowest BCUT2D eigenvalue weighted by Crippen LogP contribution is -2.46. The Kier molecular flexibility index (Phi) is 5.58. The number of hydrogen-bond acceptors (Lipinski definition) is 5. The molecule has 0 aromatic carbocycles. The number of ether oxygens (including phenoxy) is 1. The van der Waals surface area contributed by atoms with Gasteiger partial charge in [-0.15, -0.1) is 0 Å². The van der Waals surface area contributed by atoms with E-state index in [0.29, 0.717) is 32.7 Å². The second-order valence-corrected chi connectivity index (χ2v) is 7.86. The molecule has 25 heavy (non-hydrogen) atoms. The van der Waals surface area contributed by atoms with E-state index in [1.54, 1.807) is 4.57 Å². The summed E-state index contributed by atoms with van der Waals surface area (Å²) in [5.74, 6) is -0.165. The number of carbonyl (C=O) groups is 2. The first-order chi connectivity index (χ1) is 12.0. The van der Waals surface area contributed by atoms with E-state index < -0.39 is 6.04 Å². The second-order valence-electron chi connectivity index (χ2n) is 6.70. The summed E-state index contributed by atoms with van der Waals surface area (Å²) in [6.45, 7) is 6.22. The molecule has 2 saturated heterocycles. The number of rotatable bonds is 5. The Morgan fingerprint density at radius 2 is 1.96 bits per heavy atom. The summed E-state index contributed by atoms with van der Waals surface area (Å²) in [5, 5.41) is 2.84. The number of nitrogens with one attached hydrogen (secondary N) is 1. The lowest BCUT2D eigenvalue weighted by atomic mass is 10.1. The molecular formula is C17H25N3O4S. The smallest absolute Gasteiger partial charge is 0.307 e. The van der Waals surface area contributed by atoms with Crippen LogP contribution in [0.5, 0.6) is 0 Å². The van der Waals surface area contributed by atoms with Gasteiger partial charge in [-0.3, -0.25) is 14.4 Å². The molecule has 1 atom stereocenters. The van der Waals surface area contributed by atoms with Gasteiger partial charge in [0.25, 0.3) is 0 Å². The van der Waals surface area contributed by atoms with Crippen LogP contribution in [0.4, 0.5) is 0 Å². The molecular weight excluding hydrogens is 342 g/mol. The minimum absolute atomic E-state index is 0.0139. The van der Waals surface area contributed by atoms with Crippen molar-refractivity contribution in [1.82, 2.24) is 14.8 Å². The van der Waals surface area contributed by atoms with E-state index in [0.717, 1.165) is 23.4 Å². The minimum atomic E-state index is -0.433. The molecule has 1 unspecified atom stereocenters. The molecule has 2 amide bonds.